The number of ether oxygens (including phenoxy) is 1. The number of benzene rings is 1. The number of nitrogens with zero attached hydrogens (tertiary/aromatic N) is 2. The normalized spacial score (nSPS) is 9.74. The van der Waals surface area contributed by atoms with Gasteiger partial charge in [0.2, 0.25) is 0 Å². The number of allylic oxidation sites excluding steroid dienone is 2. The molecule has 0 atom stereocenters. The van der Waals surface area contributed by atoms with Gasteiger partial charge in [-0.1, -0.05) is 30.3 Å². The first kappa shape index (κ1) is 14.2. The van der Waals surface area contributed by atoms with Gasteiger partial charge < -0.3 is 10.3 Å². The lowest BCUT2D eigenvalue weighted by molar-refractivity contribution is -0.139. The molecule has 6 heteroatoms. The molecule has 1 rings (SSSR count). The van der Waals surface area contributed by atoms with Crippen LogP contribution in [0.2, 0.25) is 0 Å². The van der Waals surface area contributed by atoms with Crippen molar-refractivity contribution in [3.8, 4) is 0 Å². The molecule has 0 saturated carbocycles. The number of ketones is 2. The molecule has 0 aromatic heterocycles. The highest BCUT2D eigenvalue weighted by Gasteiger charge is 2.28. The highest BCUT2D eigenvalue weighted by molar-refractivity contribution is 6.64. The average Bonchev–Trinajstić information content (AvgIpc) is 2.46. The van der Waals surface area contributed by atoms with Gasteiger partial charge in [-0.05, 0) is 12.2 Å². The van der Waals surface area contributed by atoms with Crippen LogP contribution in [0.1, 0.15) is 10.4 Å². The summed E-state index contributed by atoms with van der Waals surface area (Å²) in [4.78, 5) is 36.7. The second-order valence-corrected chi connectivity index (χ2v) is 3.37. The minimum Gasteiger partial charge on any atom is -0.460 e. The number of methoxy groups -OCH3 is 1. The fraction of sp³-hybridized carbons (Fsp3) is 0.0769. The first-order valence-corrected chi connectivity index (χ1v) is 5.22. The Labute approximate surface area is 108 Å². The smallest absolute Gasteiger partial charge is 0.445 e. The average molecular weight is 258 g/mol. The number of carbonyl (C=O) groups excluding carboxylic acids is 3. The number of carbonyl (C=O) groups is 3. The van der Waals surface area contributed by atoms with Crippen molar-refractivity contribution in [2.24, 2.45) is 0 Å². The lowest BCUT2D eigenvalue weighted by Gasteiger charge is -1.93. The zero-order valence-corrected chi connectivity index (χ0v) is 10.1. The van der Waals surface area contributed by atoms with Crippen LogP contribution in [0.3, 0.4) is 0 Å². The first-order chi connectivity index (χ1) is 9.10. The van der Waals surface area contributed by atoms with E-state index in [9.17, 15) is 14.4 Å². The van der Waals surface area contributed by atoms with Gasteiger partial charge in [0.05, 0.1) is 7.11 Å². The Balaban J connectivity index is 2.83. The van der Waals surface area contributed by atoms with E-state index in [1.807, 2.05) is 0 Å². The van der Waals surface area contributed by atoms with Gasteiger partial charge in [0.15, 0.2) is 5.78 Å². The molecule has 0 saturated heterocycles. The third kappa shape index (κ3) is 3.83. The quantitative estimate of drug-likeness (QED) is 0.149. The van der Waals surface area contributed by atoms with Crippen LogP contribution in [-0.2, 0) is 14.3 Å². The maximum absolute atomic E-state index is 11.6. The molecule has 1 aromatic rings. The van der Waals surface area contributed by atoms with Crippen LogP contribution in [0, 0.1) is 0 Å². The molecule has 0 fully saturated rings. The molecule has 0 heterocycles. The van der Waals surface area contributed by atoms with Gasteiger partial charge in [0.25, 0.3) is 5.78 Å². The van der Waals surface area contributed by atoms with Crippen LogP contribution in [0.4, 0.5) is 0 Å². The highest BCUT2D eigenvalue weighted by atomic mass is 16.5. The molecule has 96 valence electrons. The number of hydrogen-bond donors (Lipinski definition) is 0. The minimum atomic E-state index is -1.08. The molecule has 0 bridgehead atoms. The van der Waals surface area contributed by atoms with E-state index in [1.54, 1.807) is 30.3 Å². The van der Waals surface area contributed by atoms with Gasteiger partial charge in [-0.3, -0.25) is 9.59 Å². The molecule has 1 aromatic carbocycles. The van der Waals surface area contributed by atoms with Crippen molar-refractivity contribution in [1.82, 2.24) is 0 Å². The summed E-state index contributed by atoms with van der Waals surface area (Å²) >= 11 is 0. The Morgan fingerprint density at radius 3 is 2.32 bits per heavy atom. The van der Waals surface area contributed by atoms with Gasteiger partial charge in [-0.25, -0.2) is 4.79 Å². The molecule has 0 unspecified atom stereocenters. The van der Waals surface area contributed by atoms with Crippen LogP contribution in [-0.4, -0.2) is 35.1 Å². The van der Waals surface area contributed by atoms with Crippen LogP contribution >= 0.6 is 0 Å². The SMILES string of the molecule is COC(=O)C(=[N+]=[N-])C(=O)/C=C/C(=O)c1ccccc1. The summed E-state index contributed by atoms with van der Waals surface area (Å²) in [6, 6.07) is 8.27. The van der Waals surface area contributed by atoms with Gasteiger partial charge in [-0.15, -0.1) is 0 Å². The van der Waals surface area contributed by atoms with E-state index in [0.29, 0.717) is 5.56 Å². The third-order valence-corrected chi connectivity index (χ3v) is 2.16. The van der Waals surface area contributed by atoms with E-state index in [1.165, 1.54) is 0 Å². The number of rotatable bonds is 5. The zero-order chi connectivity index (χ0) is 14.3. The van der Waals surface area contributed by atoms with Gasteiger partial charge in [0.1, 0.15) is 0 Å². The minimum absolute atomic E-state index is 0.395. The Morgan fingerprint density at radius 2 is 1.79 bits per heavy atom. The molecule has 0 aliphatic rings. The molecule has 0 amide bonds. The Bertz CT molecular complexity index is 584. The predicted molar refractivity (Wildman–Crippen MR) is 65.6 cm³/mol. The van der Waals surface area contributed by atoms with Crippen molar-refractivity contribution in [3.63, 3.8) is 0 Å². The molecule has 19 heavy (non-hydrogen) atoms. The van der Waals surface area contributed by atoms with Gasteiger partial charge in [-0.2, -0.15) is 4.79 Å². The van der Waals surface area contributed by atoms with E-state index < -0.39 is 23.2 Å². The molecule has 0 N–H and O–H groups in total. The van der Waals surface area contributed by atoms with Crippen molar-refractivity contribution in [2.75, 3.05) is 7.11 Å². The maximum Gasteiger partial charge on any atom is 0.445 e. The van der Waals surface area contributed by atoms with Crippen LogP contribution < -0.4 is 0 Å². The summed E-state index contributed by atoms with van der Waals surface area (Å²) in [6.45, 7) is 0. The fourth-order valence-corrected chi connectivity index (χ4v) is 1.22. The molecule has 0 radical (unpaired) electrons. The third-order valence-electron chi connectivity index (χ3n) is 2.16. The molecule has 0 spiro atoms. The molecule has 0 aliphatic carbocycles. The lowest BCUT2D eigenvalue weighted by atomic mass is 10.1. The predicted octanol–water partition coefficient (Wildman–Crippen LogP) is 0.838. The Morgan fingerprint density at radius 1 is 1.16 bits per heavy atom. The van der Waals surface area contributed by atoms with Gasteiger partial charge in [0, 0.05) is 5.56 Å². The number of hydrogen-bond acceptors (Lipinski definition) is 4. The highest BCUT2D eigenvalue weighted by Crippen LogP contribution is 2.00. The Hall–Kier alpha value is -2.85. The van der Waals surface area contributed by atoms with E-state index in [-0.39, 0.29) is 0 Å². The van der Waals surface area contributed by atoms with E-state index >= 15 is 0 Å². The van der Waals surface area contributed by atoms with Crippen LogP contribution in [0.5, 0.6) is 0 Å². The molecular weight excluding hydrogens is 248 g/mol. The summed E-state index contributed by atoms with van der Waals surface area (Å²) in [5.41, 5.74) is 8.13. The van der Waals surface area contributed by atoms with E-state index in [0.717, 1.165) is 19.3 Å². The largest absolute Gasteiger partial charge is 0.460 e. The summed E-state index contributed by atoms with van der Waals surface area (Å²) in [7, 11) is 1.04. The van der Waals surface area contributed by atoms with Crippen LogP contribution in [0.25, 0.3) is 5.53 Å². The Kier molecular flexibility index (Phi) is 5.07. The van der Waals surface area contributed by atoms with Crippen molar-refractivity contribution >= 4 is 23.2 Å². The first-order valence-electron chi connectivity index (χ1n) is 5.22. The summed E-state index contributed by atoms with van der Waals surface area (Å²) in [6.07, 6.45) is 1.84. The topological polar surface area (TPSA) is 96.8 Å². The van der Waals surface area contributed by atoms with Crippen molar-refractivity contribution in [1.29, 1.82) is 0 Å². The molecular formula is C13H10N2O4. The monoisotopic (exact) mass is 258 g/mol. The summed E-state index contributed by atoms with van der Waals surface area (Å²) in [5, 5.41) is 0. The molecule has 0 aliphatic heterocycles. The van der Waals surface area contributed by atoms with Gasteiger partial charge >= 0.3 is 11.7 Å². The second-order valence-electron chi connectivity index (χ2n) is 3.37. The van der Waals surface area contributed by atoms with E-state index in [2.05, 4.69) is 9.53 Å². The van der Waals surface area contributed by atoms with Crippen molar-refractivity contribution in [2.45, 2.75) is 0 Å². The lowest BCUT2D eigenvalue weighted by Crippen LogP contribution is -2.25. The molecule has 6 nitrogen and oxygen atoms in total. The summed E-state index contributed by atoms with van der Waals surface area (Å²) < 4.78 is 4.25. The van der Waals surface area contributed by atoms with Crippen molar-refractivity contribution in [3.05, 3.63) is 53.6 Å². The second kappa shape index (κ2) is 6.78. The van der Waals surface area contributed by atoms with E-state index in [4.69, 9.17) is 5.53 Å². The summed E-state index contributed by atoms with van der Waals surface area (Å²) in [5.74, 6) is -2.40. The number of esters is 1. The van der Waals surface area contributed by atoms with Crippen molar-refractivity contribution < 1.29 is 23.9 Å². The standard InChI is InChI=1S/C13H10N2O4/c1-19-13(18)12(15-14)11(17)8-7-10(16)9-5-3-2-4-6-9/h2-8H,1H3/b8-7+. The zero-order valence-electron chi connectivity index (χ0n) is 10.1. The maximum atomic E-state index is 11.6. The van der Waals surface area contributed by atoms with Crippen LogP contribution in [0.15, 0.2) is 42.5 Å². The fourth-order valence-electron chi connectivity index (χ4n) is 1.22.